The van der Waals surface area contributed by atoms with Gasteiger partial charge in [-0.1, -0.05) is 51.1 Å². The maximum absolute atomic E-state index is 4.74. The van der Waals surface area contributed by atoms with Crippen molar-refractivity contribution in [3.05, 3.63) is 59.9 Å². The van der Waals surface area contributed by atoms with E-state index in [0.717, 1.165) is 47.0 Å². The molecule has 3 aromatic heterocycles. The molecule has 0 bridgehead atoms. The van der Waals surface area contributed by atoms with Crippen LogP contribution < -0.4 is 0 Å². The van der Waals surface area contributed by atoms with E-state index in [1.807, 2.05) is 41.2 Å². The summed E-state index contributed by atoms with van der Waals surface area (Å²) >= 11 is 0. The molecule has 8 nitrogen and oxygen atoms in total. The molecular weight excluding hydrogens is 364 g/mol. The zero-order valence-electron chi connectivity index (χ0n) is 16.9. The van der Waals surface area contributed by atoms with Crippen LogP contribution in [0.3, 0.4) is 0 Å². The average Bonchev–Trinajstić information content (AvgIpc) is 3.40. The first kappa shape index (κ1) is 18.9. The molecule has 0 radical (unpaired) electrons. The van der Waals surface area contributed by atoms with Crippen molar-refractivity contribution < 1.29 is 0 Å². The van der Waals surface area contributed by atoms with E-state index >= 15 is 0 Å². The van der Waals surface area contributed by atoms with E-state index in [4.69, 9.17) is 4.98 Å². The first-order valence-corrected chi connectivity index (χ1v) is 9.87. The Kier molecular flexibility index (Phi) is 5.41. The molecule has 4 rings (SSSR count). The Morgan fingerprint density at radius 2 is 1.90 bits per heavy atom. The second-order valence-corrected chi connectivity index (χ2v) is 7.26. The number of nitrogens with one attached hydrogen (secondary N) is 1. The van der Waals surface area contributed by atoms with Crippen molar-refractivity contribution in [2.24, 2.45) is 0 Å². The maximum Gasteiger partial charge on any atom is 0.205 e. The van der Waals surface area contributed by atoms with Gasteiger partial charge in [0.2, 0.25) is 5.82 Å². The van der Waals surface area contributed by atoms with Gasteiger partial charge in [-0.05, 0) is 23.3 Å². The molecule has 3 heterocycles. The normalized spacial score (nSPS) is 11.3. The van der Waals surface area contributed by atoms with E-state index < -0.39 is 0 Å². The van der Waals surface area contributed by atoms with E-state index in [1.54, 1.807) is 0 Å². The van der Waals surface area contributed by atoms with Crippen LogP contribution >= 0.6 is 0 Å². The van der Waals surface area contributed by atoms with Crippen LogP contribution in [0.2, 0.25) is 0 Å². The standard InChI is InChI=1S/C21H24N8/c1-4-11-29-19(23-20(26-29)14(2)3)12-16-10-9-15(13-22-16)17-7-5-6-8-18(17)21-24-27-28-25-21/h5-10,13-14H,4,11-12H2,1-3H3,(H,24,25,27,28). The second-order valence-electron chi connectivity index (χ2n) is 7.26. The SMILES string of the molecule is CCCn1nc(C(C)C)nc1Cc1ccc(-c2ccccc2-c2nn[nH]n2)cn1. The van der Waals surface area contributed by atoms with Crippen LogP contribution in [0.5, 0.6) is 0 Å². The van der Waals surface area contributed by atoms with Gasteiger partial charge in [-0.2, -0.15) is 10.3 Å². The Hall–Kier alpha value is -3.42. The number of H-pyrrole nitrogens is 1. The number of benzene rings is 1. The molecule has 8 heteroatoms. The van der Waals surface area contributed by atoms with Crippen molar-refractivity contribution in [1.82, 2.24) is 40.4 Å². The summed E-state index contributed by atoms with van der Waals surface area (Å²) < 4.78 is 2.01. The molecule has 4 aromatic rings. The van der Waals surface area contributed by atoms with Gasteiger partial charge >= 0.3 is 0 Å². The number of aromatic nitrogens is 8. The molecule has 0 aliphatic rings. The van der Waals surface area contributed by atoms with E-state index in [2.05, 4.69) is 57.5 Å². The topological polar surface area (TPSA) is 98.1 Å². The highest BCUT2D eigenvalue weighted by molar-refractivity contribution is 5.79. The molecule has 0 atom stereocenters. The number of aromatic amines is 1. The number of rotatable bonds is 7. The fourth-order valence-corrected chi connectivity index (χ4v) is 3.22. The molecule has 1 aromatic carbocycles. The van der Waals surface area contributed by atoms with Crippen LogP contribution in [0.1, 0.15) is 50.5 Å². The Bertz CT molecular complexity index is 1060. The zero-order chi connectivity index (χ0) is 20.2. The third-order valence-electron chi connectivity index (χ3n) is 4.70. The molecule has 0 amide bonds. The minimum absolute atomic E-state index is 0.309. The first-order valence-electron chi connectivity index (χ1n) is 9.87. The molecular formula is C21H24N8. The van der Waals surface area contributed by atoms with E-state index in [9.17, 15) is 0 Å². The van der Waals surface area contributed by atoms with Crippen LogP contribution in [0.15, 0.2) is 42.6 Å². The summed E-state index contributed by atoms with van der Waals surface area (Å²) in [6.07, 6.45) is 3.57. The molecule has 0 spiro atoms. The molecule has 0 aliphatic carbocycles. The van der Waals surface area contributed by atoms with Crippen molar-refractivity contribution in [2.45, 2.75) is 46.1 Å². The minimum Gasteiger partial charge on any atom is -0.260 e. The van der Waals surface area contributed by atoms with Gasteiger partial charge in [-0.25, -0.2) is 9.67 Å². The predicted molar refractivity (Wildman–Crippen MR) is 110 cm³/mol. The highest BCUT2D eigenvalue weighted by Gasteiger charge is 2.14. The van der Waals surface area contributed by atoms with Crippen molar-refractivity contribution in [2.75, 3.05) is 0 Å². The summed E-state index contributed by atoms with van der Waals surface area (Å²) in [5.74, 6) is 2.73. The van der Waals surface area contributed by atoms with Crippen LogP contribution in [-0.4, -0.2) is 40.4 Å². The van der Waals surface area contributed by atoms with Crippen molar-refractivity contribution >= 4 is 0 Å². The van der Waals surface area contributed by atoms with E-state index in [1.165, 1.54) is 0 Å². The van der Waals surface area contributed by atoms with Crippen LogP contribution in [0.4, 0.5) is 0 Å². The predicted octanol–water partition coefficient (Wildman–Crippen LogP) is 3.64. The van der Waals surface area contributed by atoms with Gasteiger partial charge < -0.3 is 0 Å². The van der Waals surface area contributed by atoms with Gasteiger partial charge in [0.25, 0.3) is 0 Å². The molecule has 29 heavy (non-hydrogen) atoms. The lowest BCUT2D eigenvalue weighted by molar-refractivity contribution is 0.566. The third kappa shape index (κ3) is 4.06. The highest BCUT2D eigenvalue weighted by atomic mass is 15.5. The van der Waals surface area contributed by atoms with Gasteiger partial charge in [0.15, 0.2) is 5.82 Å². The Labute approximate surface area is 169 Å². The average molecular weight is 388 g/mol. The molecule has 0 fully saturated rings. The lowest BCUT2D eigenvalue weighted by Gasteiger charge is -2.08. The monoisotopic (exact) mass is 388 g/mol. The second kappa shape index (κ2) is 8.30. The van der Waals surface area contributed by atoms with E-state index in [0.29, 0.717) is 18.2 Å². The maximum atomic E-state index is 4.74. The van der Waals surface area contributed by atoms with Crippen LogP contribution in [-0.2, 0) is 13.0 Å². The highest BCUT2D eigenvalue weighted by Crippen LogP contribution is 2.29. The van der Waals surface area contributed by atoms with Crippen molar-refractivity contribution in [3.63, 3.8) is 0 Å². The summed E-state index contributed by atoms with van der Waals surface area (Å²) in [6.45, 7) is 7.24. The summed E-state index contributed by atoms with van der Waals surface area (Å²) in [4.78, 5) is 9.42. The lowest BCUT2D eigenvalue weighted by Crippen LogP contribution is -2.06. The summed E-state index contributed by atoms with van der Waals surface area (Å²) in [7, 11) is 0. The molecule has 0 unspecified atom stereocenters. The van der Waals surface area contributed by atoms with Crippen molar-refractivity contribution in [1.29, 1.82) is 0 Å². The van der Waals surface area contributed by atoms with E-state index in [-0.39, 0.29) is 0 Å². The summed E-state index contributed by atoms with van der Waals surface area (Å²) in [5, 5.41) is 19.0. The fraction of sp³-hybridized carbons (Fsp3) is 0.333. The lowest BCUT2D eigenvalue weighted by atomic mass is 10.0. The number of hydrogen-bond acceptors (Lipinski definition) is 6. The summed E-state index contributed by atoms with van der Waals surface area (Å²) in [6, 6.07) is 12.1. The van der Waals surface area contributed by atoms with Gasteiger partial charge in [0.1, 0.15) is 5.82 Å². The Morgan fingerprint density at radius 1 is 1.07 bits per heavy atom. The molecule has 1 N–H and O–H groups in total. The largest absolute Gasteiger partial charge is 0.260 e. The van der Waals surface area contributed by atoms with Gasteiger partial charge in [-0.3, -0.25) is 4.98 Å². The summed E-state index contributed by atoms with van der Waals surface area (Å²) in [5.41, 5.74) is 3.90. The molecule has 148 valence electrons. The number of aryl methyl sites for hydroxylation is 1. The fourth-order valence-electron chi connectivity index (χ4n) is 3.22. The smallest absolute Gasteiger partial charge is 0.205 e. The minimum atomic E-state index is 0.309. The molecule has 0 saturated heterocycles. The van der Waals surface area contributed by atoms with Gasteiger partial charge in [0, 0.05) is 41.9 Å². The number of tetrazole rings is 1. The van der Waals surface area contributed by atoms with Crippen molar-refractivity contribution in [3.8, 4) is 22.5 Å². The van der Waals surface area contributed by atoms with Gasteiger partial charge in [-0.15, -0.1) is 10.2 Å². The Morgan fingerprint density at radius 3 is 2.55 bits per heavy atom. The number of pyridine rings is 1. The Balaban J connectivity index is 1.60. The molecule has 0 aliphatic heterocycles. The zero-order valence-corrected chi connectivity index (χ0v) is 16.9. The van der Waals surface area contributed by atoms with Crippen LogP contribution in [0.25, 0.3) is 22.5 Å². The third-order valence-corrected chi connectivity index (χ3v) is 4.70. The van der Waals surface area contributed by atoms with Crippen LogP contribution in [0, 0.1) is 0 Å². The number of hydrogen-bond donors (Lipinski definition) is 1. The van der Waals surface area contributed by atoms with Gasteiger partial charge in [0.05, 0.1) is 0 Å². The number of nitrogens with zero attached hydrogens (tertiary/aromatic N) is 7. The quantitative estimate of drug-likeness (QED) is 0.519. The first-order chi connectivity index (χ1) is 14.2. The molecule has 0 saturated carbocycles.